The lowest BCUT2D eigenvalue weighted by molar-refractivity contribution is 0.101. The average Bonchev–Trinajstić information content (AvgIpc) is 3.37. The van der Waals surface area contributed by atoms with Crippen molar-refractivity contribution in [3.05, 3.63) is 35.9 Å². The average molecular weight is 383 g/mol. The van der Waals surface area contributed by atoms with E-state index in [0.717, 1.165) is 29.0 Å². The van der Waals surface area contributed by atoms with Gasteiger partial charge in [0.05, 0.1) is 12.2 Å². The lowest BCUT2D eigenvalue weighted by atomic mass is 10.0. The third kappa shape index (κ3) is 4.34. The number of ketones is 1. The lowest BCUT2D eigenvalue weighted by Crippen LogP contribution is -2.08. The summed E-state index contributed by atoms with van der Waals surface area (Å²) < 4.78 is 6.27. The van der Waals surface area contributed by atoms with Crippen LogP contribution < -0.4 is 4.74 Å². The summed E-state index contributed by atoms with van der Waals surface area (Å²) in [5, 5.41) is 3.01. The van der Waals surface area contributed by atoms with Gasteiger partial charge in [-0.05, 0) is 43.6 Å². The van der Waals surface area contributed by atoms with Gasteiger partial charge in [-0.15, -0.1) is 11.8 Å². The number of hydrogen-bond donors (Lipinski definition) is 0. The summed E-state index contributed by atoms with van der Waals surface area (Å²) >= 11 is 1.96. The van der Waals surface area contributed by atoms with Gasteiger partial charge in [0.25, 0.3) is 0 Å². The van der Waals surface area contributed by atoms with Gasteiger partial charge in [-0.25, -0.2) is 0 Å². The van der Waals surface area contributed by atoms with Gasteiger partial charge >= 0.3 is 0 Å². The van der Waals surface area contributed by atoms with Crippen LogP contribution in [0.3, 0.4) is 0 Å². The van der Waals surface area contributed by atoms with Crippen molar-refractivity contribution in [2.45, 2.75) is 74.9 Å². The van der Waals surface area contributed by atoms with E-state index in [-0.39, 0.29) is 5.78 Å². The topological polar surface area (TPSA) is 26.3 Å². The monoisotopic (exact) mass is 382 g/mol. The van der Waals surface area contributed by atoms with E-state index in [9.17, 15) is 4.79 Å². The molecule has 2 aromatic carbocycles. The fourth-order valence-electron chi connectivity index (χ4n) is 4.64. The summed E-state index contributed by atoms with van der Waals surface area (Å²) in [5.41, 5.74) is 0.751. The standard InChI is InChI=1S/C24H30O2S/c1-17(25)22-16-23(27-19-10-4-5-11-19)20-12-6-7-13-21(20)24(22)26-15-14-18-8-2-3-9-18/h6-7,12-13,16,18-19H,2-5,8-11,14-15H2,1H3. The minimum atomic E-state index is 0.102. The van der Waals surface area contributed by atoms with Crippen LogP contribution in [0.15, 0.2) is 35.2 Å². The molecule has 0 aromatic heterocycles. The summed E-state index contributed by atoms with van der Waals surface area (Å²) in [6.45, 7) is 2.38. The Labute approximate surface area is 167 Å². The van der Waals surface area contributed by atoms with Crippen LogP contribution in [-0.2, 0) is 0 Å². The predicted molar refractivity (Wildman–Crippen MR) is 114 cm³/mol. The van der Waals surface area contributed by atoms with E-state index in [2.05, 4.69) is 30.3 Å². The summed E-state index contributed by atoms with van der Waals surface area (Å²) in [7, 11) is 0. The molecule has 4 rings (SSSR count). The first kappa shape index (κ1) is 18.9. The van der Waals surface area contributed by atoms with Crippen molar-refractivity contribution in [1.29, 1.82) is 0 Å². The second kappa shape index (κ2) is 8.68. The van der Waals surface area contributed by atoms with E-state index in [4.69, 9.17) is 4.74 Å². The van der Waals surface area contributed by atoms with Crippen molar-refractivity contribution >= 4 is 28.3 Å². The first-order valence-corrected chi connectivity index (χ1v) is 11.5. The maximum absolute atomic E-state index is 12.4. The molecule has 0 unspecified atom stereocenters. The Morgan fingerprint density at radius 3 is 2.41 bits per heavy atom. The number of benzene rings is 2. The van der Waals surface area contributed by atoms with Gasteiger partial charge in [0.15, 0.2) is 5.78 Å². The molecule has 2 aromatic rings. The fourth-order valence-corrected chi connectivity index (χ4v) is 6.06. The Bertz CT molecular complexity index is 801. The Hall–Kier alpha value is -1.48. The van der Waals surface area contributed by atoms with Gasteiger partial charge in [0.1, 0.15) is 5.75 Å². The highest BCUT2D eigenvalue weighted by Crippen LogP contribution is 2.42. The summed E-state index contributed by atoms with van der Waals surface area (Å²) in [5.74, 6) is 1.70. The molecule has 0 N–H and O–H groups in total. The smallest absolute Gasteiger partial charge is 0.163 e. The van der Waals surface area contributed by atoms with Gasteiger partial charge in [0, 0.05) is 15.5 Å². The highest BCUT2D eigenvalue weighted by atomic mass is 32.2. The molecule has 27 heavy (non-hydrogen) atoms. The Kier molecular flexibility index (Phi) is 6.07. The number of thioether (sulfide) groups is 1. The van der Waals surface area contributed by atoms with Gasteiger partial charge in [-0.1, -0.05) is 62.8 Å². The Balaban J connectivity index is 1.64. The highest BCUT2D eigenvalue weighted by molar-refractivity contribution is 8.00. The summed E-state index contributed by atoms with van der Waals surface area (Å²) in [6, 6.07) is 10.5. The maximum atomic E-state index is 12.4. The van der Waals surface area contributed by atoms with E-state index in [1.165, 1.54) is 61.6 Å². The van der Waals surface area contributed by atoms with Crippen molar-refractivity contribution in [3.8, 4) is 5.75 Å². The number of carbonyl (C=O) groups is 1. The van der Waals surface area contributed by atoms with Crippen LogP contribution in [-0.4, -0.2) is 17.6 Å². The molecular weight excluding hydrogens is 352 g/mol. The minimum Gasteiger partial charge on any atom is -0.492 e. The summed E-state index contributed by atoms with van der Waals surface area (Å²) in [6.07, 6.45) is 11.7. The van der Waals surface area contributed by atoms with Crippen LogP contribution in [0.1, 0.15) is 75.1 Å². The van der Waals surface area contributed by atoms with E-state index in [0.29, 0.717) is 11.9 Å². The number of hydrogen-bond acceptors (Lipinski definition) is 3. The molecule has 144 valence electrons. The SMILES string of the molecule is CC(=O)c1cc(SC2CCCC2)c2ccccc2c1OCCC1CCCC1. The zero-order valence-electron chi connectivity index (χ0n) is 16.3. The second-order valence-corrected chi connectivity index (χ2v) is 9.51. The normalized spacial score (nSPS) is 18.4. The molecule has 0 spiro atoms. The van der Waals surface area contributed by atoms with E-state index < -0.39 is 0 Å². The molecule has 2 saturated carbocycles. The molecule has 2 aliphatic rings. The molecular formula is C24H30O2S. The fraction of sp³-hybridized carbons (Fsp3) is 0.542. The van der Waals surface area contributed by atoms with Gasteiger partial charge < -0.3 is 4.74 Å². The summed E-state index contributed by atoms with van der Waals surface area (Å²) in [4.78, 5) is 13.7. The van der Waals surface area contributed by atoms with Crippen LogP contribution in [0.4, 0.5) is 0 Å². The molecule has 2 aliphatic carbocycles. The third-order valence-electron chi connectivity index (χ3n) is 6.18. The number of rotatable bonds is 7. The quantitative estimate of drug-likeness (QED) is 0.481. The van der Waals surface area contributed by atoms with Crippen molar-refractivity contribution in [2.24, 2.45) is 5.92 Å². The molecule has 0 amide bonds. The predicted octanol–water partition coefficient (Wildman–Crippen LogP) is 7.04. The molecule has 2 nitrogen and oxygen atoms in total. The molecule has 0 saturated heterocycles. The molecule has 0 aliphatic heterocycles. The van der Waals surface area contributed by atoms with E-state index in [1.54, 1.807) is 6.92 Å². The number of carbonyl (C=O) groups excluding carboxylic acids is 1. The molecule has 2 fully saturated rings. The van der Waals surface area contributed by atoms with E-state index in [1.807, 2.05) is 11.8 Å². The van der Waals surface area contributed by atoms with Crippen molar-refractivity contribution < 1.29 is 9.53 Å². The molecule has 0 heterocycles. The zero-order chi connectivity index (χ0) is 18.6. The van der Waals surface area contributed by atoms with Crippen LogP contribution in [0.2, 0.25) is 0 Å². The Morgan fingerprint density at radius 2 is 1.70 bits per heavy atom. The zero-order valence-corrected chi connectivity index (χ0v) is 17.2. The second-order valence-electron chi connectivity index (χ2n) is 8.17. The van der Waals surface area contributed by atoms with Gasteiger partial charge in [-0.2, -0.15) is 0 Å². The van der Waals surface area contributed by atoms with Crippen LogP contribution in [0, 0.1) is 5.92 Å². The minimum absolute atomic E-state index is 0.102. The lowest BCUT2D eigenvalue weighted by Gasteiger charge is -2.18. The van der Waals surface area contributed by atoms with Crippen molar-refractivity contribution in [1.82, 2.24) is 0 Å². The maximum Gasteiger partial charge on any atom is 0.163 e. The molecule has 3 heteroatoms. The van der Waals surface area contributed by atoms with Gasteiger partial charge in [0.2, 0.25) is 0 Å². The van der Waals surface area contributed by atoms with Crippen molar-refractivity contribution in [2.75, 3.05) is 6.61 Å². The Morgan fingerprint density at radius 1 is 1.04 bits per heavy atom. The highest BCUT2D eigenvalue weighted by Gasteiger charge is 2.22. The largest absolute Gasteiger partial charge is 0.492 e. The van der Waals surface area contributed by atoms with Crippen LogP contribution >= 0.6 is 11.8 Å². The van der Waals surface area contributed by atoms with Crippen molar-refractivity contribution in [3.63, 3.8) is 0 Å². The number of fused-ring (bicyclic) bond motifs is 1. The van der Waals surface area contributed by atoms with Crippen LogP contribution in [0.5, 0.6) is 5.75 Å². The first-order chi connectivity index (χ1) is 13.2. The first-order valence-electron chi connectivity index (χ1n) is 10.6. The molecule has 0 bridgehead atoms. The number of ether oxygens (including phenoxy) is 1. The number of Topliss-reactive ketones (excluding diaryl/α,β-unsaturated/α-hetero) is 1. The van der Waals surface area contributed by atoms with Crippen LogP contribution in [0.25, 0.3) is 10.8 Å². The third-order valence-corrected chi connectivity index (χ3v) is 7.58. The molecule has 0 atom stereocenters. The van der Waals surface area contributed by atoms with Gasteiger partial charge in [-0.3, -0.25) is 4.79 Å². The van der Waals surface area contributed by atoms with E-state index >= 15 is 0 Å². The molecule has 0 radical (unpaired) electrons.